The highest BCUT2D eigenvalue weighted by molar-refractivity contribution is 5.54. The Morgan fingerprint density at radius 1 is 1.50 bits per heavy atom. The Kier molecular flexibility index (Phi) is 1.04. The molecule has 0 saturated heterocycles. The molecule has 2 rings (SSSR count). The SMILES string of the molecule is c1cc(-c2cn[nH]c2)no1. The minimum Gasteiger partial charge on any atom is -0.364 e. The Hall–Kier alpha value is -1.58. The van der Waals surface area contributed by atoms with Crippen LogP contribution < -0.4 is 0 Å². The van der Waals surface area contributed by atoms with Crippen LogP contribution in [-0.4, -0.2) is 15.4 Å². The molecule has 0 aliphatic carbocycles. The molecule has 0 aromatic carbocycles. The second-order valence-electron chi connectivity index (χ2n) is 1.87. The molecule has 0 fully saturated rings. The zero-order chi connectivity index (χ0) is 6.81. The molecule has 4 heteroatoms. The Balaban J connectivity index is 2.48. The molecule has 0 spiro atoms. The van der Waals surface area contributed by atoms with Crippen LogP contribution >= 0.6 is 0 Å². The maximum Gasteiger partial charge on any atom is 0.124 e. The second kappa shape index (κ2) is 1.98. The van der Waals surface area contributed by atoms with Gasteiger partial charge in [0.05, 0.1) is 6.20 Å². The van der Waals surface area contributed by atoms with Gasteiger partial charge in [-0.25, -0.2) is 0 Å². The van der Waals surface area contributed by atoms with E-state index in [1.807, 2.05) is 0 Å². The molecular weight excluding hydrogens is 130 g/mol. The molecule has 0 unspecified atom stereocenters. The van der Waals surface area contributed by atoms with Gasteiger partial charge >= 0.3 is 0 Å². The van der Waals surface area contributed by atoms with E-state index < -0.39 is 0 Å². The molecule has 0 aliphatic heterocycles. The third kappa shape index (κ3) is 0.699. The predicted octanol–water partition coefficient (Wildman–Crippen LogP) is 1.06. The summed E-state index contributed by atoms with van der Waals surface area (Å²) >= 11 is 0. The van der Waals surface area contributed by atoms with Gasteiger partial charge in [0, 0.05) is 17.8 Å². The second-order valence-corrected chi connectivity index (χ2v) is 1.87. The van der Waals surface area contributed by atoms with Crippen molar-refractivity contribution in [1.29, 1.82) is 0 Å². The van der Waals surface area contributed by atoms with Crippen molar-refractivity contribution in [3.05, 3.63) is 24.7 Å². The molecule has 0 atom stereocenters. The van der Waals surface area contributed by atoms with E-state index in [1.54, 1.807) is 18.5 Å². The first-order chi connectivity index (χ1) is 4.97. The van der Waals surface area contributed by atoms with Gasteiger partial charge in [-0.1, -0.05) is 5.16 Å². The van der Waals surface area contributed by atoms with Crippen LogP contribution in [0.5, 0.6) is 0 Å². The summed E-state index contributed by atoms with van der Waals surface area (Å²) in [6.07, 6.45) is 4.98. The van der Waals surface area contributed by atoms with Gasteiger partial charge in [0.2, 0.25) is 0 Å². The Bertz CT molecular complexity index is 252. The first-order valence-electron chi connectivity index (χ1n) is 2.86. The van der Waals surface area contributed by atoms with Crippen LogP contribution in [0.1, 0.15) is 0 Å². The number of hydrogen-bond donors (Lipinski definition) is 1. The molecule has 0 amide bonds. The molecule has 2 aromatic heterocycles. The fourth-order valence-electron chi connectivity index (χ4n) is 0.752. The van der Waals surface area contributed by atoms with Crippen LogP contribution in [0.15, 0.2) is 29.2 Å². The summed E-state index contributed by atoms with van der Waals surface area (Å²) in [5.41, 5.74) is 1.74. The average Bonchev–Trinajstić information content (AvgIpc) is 2.59. The largest absolute Gasteiger partial charge is 0.364 e. The van der Waals surface area contributed by atoms with E-state index in [9.17, 15) is 0 Å². The first-order valence-corrected chi connectivity index (χ1v) is 2.86. The molecule has 4 nitrogen and oxygen atoms in total. The van der Waals surface area contributed by atoms with Gasteiger partial charge in [-0.05, 0) is 0 Å². The molecule has 1 N–H and O–H groups in total. The first kappa shape index (κ1) is 5.22. The van der Waals surface area contributed by atoms with Gasteiger partial charge in [0.25, 0.3) is 0 Å². The van der Waals surface area contributed by atoms with Crippen LogP contribution in [0.4, 0.5) is 0 Å². The molecular formula is C6H5N3O. The molecule has 0 bridgehead atoms. The molecule has 0 saturated carbocycles. The summed E-state index contributed by atoms with van der Waals surface area (Å²) in [7, 11) is 0. The highest BCUT2D eigenvalue weighted by Gasteiger charge is 1.99. The highest BCUT2D eigenvalue weighted by Crippen LogP contribution is 2.12. The monoisotopic (exact) mass is 135 g/mol. The number of rotatable bonds is 1. The van der Waals surface area contributed by atoms with Gasteiger partial charge in [-0.3, -0.25) is 5.10 Å². The number of hydrogen-bond acceptors (Lipinski definition) is 3. The van der Waals surface area contributed by atoms with Gasteiger partial charge in [0.15, 0.2) is 0 Å². The fourth-order valence-corrected chi connectivity index (χ4v) is 0.752. The lowest BCUT2D eigenvalue weighted by molar-refractivity contribution is 0.422. The smallest absolute Gasteiger partial charge is 0.124 e. The van der Waals surface area contributed by atoms with Gasteiger partial charge in [0.1, 0.15) is 12.0 Å². The van der Waals surface area contributed by atoms with Gasteiger partial charge in [-0.2, -0.15) is 5.10 Å². The zero-order valence-electron chi connectivity index (χ0n) is 5.11. The third-order valence-corrected chi connectivity index (χ3v) is 1.23. The molecule has 10 heavy (non-hydrogen) atoms. The maximum absolute atomic E-state index is 4.65. The Labute approximate surface area is 56.9 Å². The van der Waals surface area contributed by atoms with E-state index in [0.717, 1.165) is 11.3 Å². The van der Waals surface area contributed by atoms with Crippen LogP contribution in [-0.2, 0) is 0 Å². The molecule has 50 valence electrons. The molecule has 2 heterocycles. The fraction of sp³-hybridized carbons (Fsp3) is 0. The van der Waals surface area contributed by atoms with Crippen molar-refractivity contribution in [2.45, 2.75) is 0 Å². The van der Waals surface area contributed by atoms with Crippen molar-refractivity contribution >= 4 is 0 Å². The van der Waals surface area contributed by atoms with Crippen LogP contribution in [0, 0.1) is 0 Å². The number of nitrogens with one attached hydrogen (secondary N) is 1. The Morgan fingerprint density at radius 3 is 3.10 bits per heavy atom. The summed E-state index contributed by atoms with van der Waals surface area (Å²) < 4.78 is 4.65. The van der Waals surface area contributed by atoms with Crippen molar-refractivity contribution in [2.75, 3.05) is 0 Å². The topological polar surface area (TPSA) is 54.7 Å². The lowest BCUT2D eigenvalue weighted by Gasteiger charge is -1.80. The van der Waals surface area contributed by atoms with Crippen molar-refractivity contribution in [1.82, 2.24) is 15.4 Å². The van der Waals surface area contributed by atoms with Crippen molar-refractivity contribution in [3.8, 4) is 11.3 Å². The summed E-state index contributed by atoms with van der Waals surface area (Å²) in [6.45, 7) is 0. The van der Waals surface area contributed by atoms with E-state index in [-0.39, 0.29) is 0 Å². The van der Waals surface area contributed by atoms with Crippen LogP contribution in [0.3, 0.4) is 0 Å². The van der Waals surface area contributed by atoms with Crippen molar-refractivity contribution in [3.63, 3.8) is 0 Å². The molecule has 2 aromatic rings. The zero-order valence-corrected chi connectivity index (χ0v) is 5.11. The predicted molar refractivity (Wildman–Crippen MR) is 34.1 cm³/mol. The number of H-pyrrole nitrogens is 1. The number of aromatic nitrogens is 3. The maximum atomic E-state index is 4.65. The molecule has 0 radical (unpaired) electrons. The Morgan fingerprint density at radius 2 is 2.50 bits per heavy atom. The van der Waals surface area contributed by atoms with E-state index in [1.165, 1.54) is 6.26 Å². The van der Waals surface area contributed by atoms with E-state index in [2.05, 4.69) is 19.9 Å². The average molecular weight is 135 g/mol. The van der Waals surface area contributed by atoms with E-state index in [0.29, 0.717) is 0 Å². The third-order valence-electron chi connectivity index (χ3n) is 1.23. The summed E-state index contributed by atoms with van der Waals surface area (Å²) in [4.78, 5) is 0. The summed E-state index contributed by atoms with van der Waals surface area (Å²) in [5.74, 6) is 0. The van der Waals surface area contributed by atoms with Crippen molar-refractivity contribution < 1.29 is 4.52 Å². The standard InChI is InChI=1S/C6H5N3O/c1-2-10-9-6(1)5-3-7-8-4-5/h1-4H,(H,7,8). The number of nitrogens with zero attached hydrogens (tertiary/aromatic N) is 2. The minimum absolute atomic E-state index is 0.800. The quantitative estimate of drug-likeness (QED) is 0.636. The van der Waals surface area contributed by atoms with E-state index in [4.69, 9.17) is 0 Å². The number of aromatic amines is 1. The highest BCUT2D eigenvalue weighted by atomic mass is 16.5. The normalized spacial score (nSPS) is 10.0. The lowest BCUT2D eigenvalue weighted by atomic mass is 10.3. The van der Waals surface area contributed by atoms with Crippen molar-refractivity contribution in [2.24, 2.45) is 0 Å². The van der Waals surface area contributed by atoms with Crippen LogP contribution in [0.2, 0.25) is 0 Å². The van der Waals surface area contributed by atoms with Gasteiger partial charge < -0.3 is 4.52 Å². The minimum atomic E-state index is 0.800. The van der Waals surface area contributed by atoms with E-state index >= 15 is 0 Å². The lowest BCUT2D eigenvalue weighted by Crippen LogP contribution is -1.68. The van der Waals surface area contributed by atoms with Crippen LogP contribution in [0.25, 0.3) is 11.3 Å². The molecule has 0 aliphatic rings. The summed E-state index contributed by atoms with van der Waals surface area (Å²) in [6, 6.07) is 1.78. The summed E-state index contributed by atoms with van der Waals surface area (Å²) in [5, 5.41) is 10.2. The van der Waals surface area contributed by atoms with Gasteiger partial charge in [-0.15, -0.1) is 0 Å².